The van der Waals surface area contributed by atoms with E-state index in [1.165, 1.54) is 6.92 Å². The van der Waals surface area contributed by atoms with Crippen LogP contribution in [-0.2, 0) is 9.59 Å². The zero-order chi connectivity index (χ0) is 17.7. The Hall–Kier alpha value is -2.82. The van der Waals surface area contributed by atoms with Gasteiger partial charge in [0, 0.05) is 5.69 Å². The van der Waals surface area contributed by atoms with Crippen molar-refractivity contribution in [2.24, 2.45) is 5.92 Å². The Bertz CT molecular complexity index is 727. The number of aliphatic carboxylic acids is 1. The molecule has 0 fully saturated rings. The second-order valence-corrected chi connectivity index (χ2v) is 5.70. The third kappa shape index (κ3) is 4.35. The molecule has 126 valence electrons. The number of amides is 1. The topological polar surface area (TPSA) is 75.6 Å². The Morgan fingerprint density at radius 3 is 2.33 bits per heavy atom. The predicted molar refractivity (Wildman–Crippen MR) is 92.1 cm³/mol. The number of anilines is 1. The zero-order valence-corrected chi connectivity index (χ0v) is 13.9. The van der Waals surface area contributed by atoms with Gasteiger partial charge in [0.15, 0.2) is 0 Å². The van der Waals surface area contributed by atoms with Crippen LogP contribution in [0.1, 0.15) is 31.1 Å². The Labute approximate surface area is 141 Å². The van der Waals surface area contributed by atoms with Crippen molar-refractivity contribution in [3.8, 4) is 5.75 Å². The van der Waals surface area contributed by atoms with Crippen LogP contribution < -0.4 is 10.1 Å². The summed E-state index contributed by atoms with van der Waals surface area (Å²) in [5.74, 6) is -2.11. The van der Waals surface area contributed by atoms with Crippen LogP contribution in [-0.4, -0.2) is 17.0 Å². The smallest absolute Gasteiger partial charge is 0.315 e. The normalized spacial score (nSPS) is 13.0. The van der Waals surface area contributed by atoms with E-state index in [1.807, 2.05) is 50.2 Å². The molecule has 2 N–H and O–H groups in total. The molecule has 0 bridgehead atoms. The summed E-state index contributed by atoms with van der Waals surface area (Å²) in [5, 5.41) is 11.5. The first kappa shape index (κ1) is 17.5. The monoisotopic (exact) mass is 327 g/mol. The van der Waals surface area contributed by atoms with E-state index < -0.39 is 17.8 Å². The molecule has 2 unspecified atom stereocenters. The van der Waals surface area contributed by atoms with E-state index in [2.05, 4.69) is 5.32 Å². The van der Waals surface area contributed by atoms with Gasteiger partial charge in [-0.25, -0.2) is 0 Å². The van der Waals surface area contributed by atoms with Crippen molar-refractivity contribution >= 4 is 17.6 Å². The Morgan fingerprint density at radius 2 is 1.75 bits per heavy atom. The Morgan fingerprint density at radius 1 is 1.08 bits per heavy atom. The molecular formula is C19H21NO4. The molecule has 0 aromatic heterocycles. The average Bonchev–Trinajstić information content (AvgIpc) is 2.57. The van der Waals surface area contributed by atoms with E-state index in [1.54, 1.807) is 12.1 Å². The maximum absolute atomic E-state index is 11.8. The Balaban J connectivity index is 2.07. The highest BCUT2D eigenvalue weighted by molar-refractivity contribution is 6.04. The fraction of sp³-hybridized carbons (Fsp3) is 0.263. The van der Waals surface area contributed by atoms with Gasteiger partial charge in [0.2, 0.25) is 5.91 Å². The predicted octanol–water partition coefficient (Wildman–Crippen LogP) is 3.79. The number of benzene rings is 2. The molecule has 2 atom stereocenters. The van der Waals surface area contributed by atoms with E-state index in [9.17, 15) is 9.59 Å². The van der Waals surface area contributed by atoms with Crippen LogP contribution >= 0.6 is 0 Å². The van der Waals surface area contributed by atoms with Crippen LogP contribution in [0, 0.1) is 12.8 Å². The van der Waals surface area contributed by atoms with Gasteiger partial charge < -0.3 is 15.2 Å². The van der Waals surface area contributed by atoms with Gasteiger partial charge in [-0.2, -0.15) is 0 Å². The number of ether oxygens (including phenoxy) is 1. The Kier molecular flexibility index (Phi) is 5.58. The highest BCUT2D eigenvalue weighted by atomic mass is 16.5. The van der Waals surface area contributed by atoms with Crippen LogP contribution in [0.25, 0.3) is 0 Å². The van der Waals surface area contributed by atoms with Crippen LogP contribution in [0.2, 0.25) is 0 Å². The van der Waals surface area contributed by atoms with Crippen LogP contribution in [0.15, 0.2) is 48.5 Å². The number of aryl methyl sites for hydroxylation is 1. The van der Waals surface area contributed by atoms with Gasteiger partial charge >= 0.3 is 5.97 Å². The summed E-state index contributed by atoms with van der Waals surface area (Å²) in [5.41, 5.74) is 2.45. The minimum atomic E-state index is -1.15. The van der Waals surface area contributed by atoms with E-state index in [4.69, 9.17) is 9.84 Å². The number of nitrogens with one attached hydrogen (secondary N) is 1. The first-order chi connectivity index (χ1) is 11.4. The number of carboxylic acids is 1. The van der Waals surface area contributed by atoms with Gasteiger partial charge in [0.1, 0.15) is 17.8 Å². The van der Waals surface area contributed by atoms with Crippen molar-refractivity contribution in [2.45, 2.75) is 26.9 Å². The molecule has 0 spiro atoms. The molecule has 0 aliphatic carbocycles. The summed E-state index contributed by atoms with van der Waals surface area (Å²) >= 11 is 0. The summed E-state index contributed by atoms with van der Waals surface area (Å²) in [6, 6.07) is 15.2. The van der Waals surface area contributed by atoms with Gasteiger partial charge in [0.25, 0.3) is 0 Å². The molecule has 24 heavy (non-hydrogen) atoms. The molecule has 0 heterocycles. The summed E-state index contributed by atoms with van der Waals surface area (Å²) in [6.07, 6.45) is -0.0990. The van der Waals surface area contributed by atoms with E-state index in [0.29, 0.717) is 11.4 Å². The van der Waals surface area contributed by atoms with Gasteiger partial charge in [-0.05, 0) is 50.1 Å². The van der Waals surface area contributed by atoms with E-state index in [0.717, 1.165) is 11.1 Å². The fourth-order valence-electron chi connectivity index (χ4n) is 2.20. The van der Waals surface area contributed by atoms with Crippen LogP contribution in [0.4, 0.5) is 5.69 Å². The molecule has 2 aromatic rings. The van der Waals surface area contributed by atoms with Gasteiger partial charge in [-0.3, -0.25) is 9.59 Å². The second kappa shape index (κ2) is 7.64. The standard InChI is InChI=1S/C19H21NO4/c1-12-11-16(24-14(3)15-7-5-4-6-8-15)9-10-17(12)20-18(21)13(2)19(22)23/h4-11,13-14H,1-3H3,(H,20,21)(H,22,23). The van der Waals surface area contributed by atoms with Crippen molar-refractivity contribution in [2.75, 3.05) is 5.32 Å². The maximum Gasteiger partial charge on any atom is 0.315 e. The number of carbonyl (C=O) groups excluding carboxylic acids is 1. The summed E-state index contributed by atoms with van der Waals surface area (Å²) < 4.78 is 5.92. The molecular weight excluding hydrogens is 306 g/mol. The van der Waals surface area contributed by atoms with Gasteiger partial charge in [0.05, 0.1) is 0 Å². The molecule has 1 amide bonds. The van der Waals surface area contributed by atoms with Gasteiger partial charge in [-0.1, -0.05) is 30.3 Å². The zero-order valence-electron chi connectivity index (χ0n) is 13.9. The summed E-state index contributed by atoms with van der Waals surface area (Å²) in [6.45, 7) is 5.15. The fourth-order valence-corrected chi connectivity index (χ4v) is 2.20. The van der Waals surface area contributed by atoms with Crippen molar-refractivity contribution in [3.63, 3.8) is 0 Å². The lowest BCUT2D eigenvalue weighted by Gasteiger charge is -2.17. The molecule has 0 saturated carbocycles. The average molecular weight is 327 g/mol. The summed E-state index contributed by atoms with van der Waals surface area (Å²) in [4.78, 5) is 22.7. The molecule has 0 aliphatic heterocycles. The third-order valence-electron chi connectivity index (χ3n) is 3.80. The van der Waals surface area contributed by atoms with Crippen molar-refractivity contribution in [1.82, 2.24) is 0 Å². The minimum Gasteiger partial charge on any atom is -0.486 e. The molecule has 0 radical (unpaired) electrons. The molecule has 2 aromatic carbocycles. The van der Waals surface area contributed by atoms with Crippen LogP contribution in [0.3, 0.4) is 0 Å². The largest absolute Gasteiger partial charge is 0.486 e. The third-order valence-corrected chi connectivity index (χ3v) is 3.80. The SMILES string of the molecule is Cc1cc(OC(C)c2ccccc2)ccc1NC(=O)C(C)C(=O)O. The molecule has 2 rings (SSSR count). The number of rotatable bonds is 6. The maximum atomic E-state index is 11.8. The van der Waals surface area contributed by atoms with E-state index >= 15 is 0 Å². The molecule has 0 aliphatic rings. The number of carbonyl (C=O) groups is 2. The first-order valence-corrected chi connectivity index (χ1v) is 7.74. The van der Waals surface area contributed by atoms with Crippen molar-refractivity contribution < 1.29 is 19.4 Å². The quantitative estimate of drug-likeness (QED) is 0.791. The number of hydrogen-bond acceptors (Lipinski definition) is 3. The lowest BCUT2D eigenvalue weighted by atomic mass is 10.1. The number of carboxylic acid groups (broad SMARTS) is 1. The lowest BCUT2D eigenvalue weighted by Crippen LogP contribution is -2.27. The lowest BCUT2D eigenvalue weighted by molar-refractivity contribution is -0.144. The highest BCUT2D eigenvalue weighted by Gasteiger charge is 2.21. The van der Waals surface area contributed by atoms with Crippen LogP contribution in [0.5, 0.6) is 5.75 Å². The minimum absolute atomic E-state index is 0.0990. The van der Waals surface area contributed by atoms with E-state index in [-0.39, 0.29) is 6.10 Å². The first-order valence-electron chi connectivity index (χ1n) is 7.74. The van der Waals surface area contributed by atoms with Crippen molar-refractivity contribution in [1.29, 1.82) is 0 Å². The second-order valence-electron chi connectivity index (χ2n) is 5.70. The highest BCUT2D eigenvalue weighted by Crippen LogP contribution is 2.26. The van der Waals surface area contributed by atoms with Crippen molar-refractivity contribution in [3.05, 3.63) is 59.7 Å². The summed E-state index contributed by atoms with van der Waals surface area (Å²) in [7, 11) is 0. The molecule has 0 saturated heterocycles. The molecule has 5 nitrogen and oxygen atoms in total. The van der Waals surface area contributed by atoms with Gasteiger partial charge in [-0.15, -0.1) is 0 Å². The number of hydrogen-bond donors (Lipinski definition) is 2. The molecule has 5 heteroatoms.